The van der Waals surface area contributed by atoms with Crippen molar-refractivity contribution in [3.05, 3.63) is 12.2 Å². The van der Waals surface area contributed by atoms with Crippen molar-refractivity contribution >= 4 is 11.8 Å². The Morgan fingerprint density at radius 2 is 2.23 bits per heavy atom. The van der Waals surface area contributed by atoms with E-state index in [9.17, 15) is 19.8 Å². The predicted octanol–water partition coefficient (Wildman–Crippen LogP) is 2.30. The summed E-state index contributed by atoms with van der Waals surface area (Å²) < 4.78 is 31.0. The SMILES string of the molecule is [2H]C([2H])(C(=O)O)C([2H])([2H])[C@H]1C(=O)C[C@@H](O)[C@@H]1/C=C/CC(C)(O)CCCC. The van der Waals surface area contributed by atoms with Crippen molar-refractivity contribution in [2.75, 3.05) is 0 Å². The van der Waals surface area contributed by atoms with Crippen LogP contribution in [0.4, 0.5) is 0 Å². The Labute approximate surface area is 137 Å². The highest BCUT2D eigenvalue weighted by atomic mass is 16.4. The minimum absolute atomic E-state index is 0.228. The van der Waals surface area contributed by atoms with Gasteiger partial charge in [-0.25, -0.2) is 0 Å². The molecule has 0 aromatic rings. The fourth-order valence-corrected chi connectivity index (χ4v) is 2.60. The van der Waals surface area contributed by atoms with Gasteiger partial charge in [0, 0.05) is 30.1 Å². The lowest BCUT2D eigenvalue weighted by Gasteiger charge is -2.22. The lowest BCUT2D eigenvalue weighted by atomic mass is 9.88. The number of hydrogen-bond acceptors (Lipinski definition) is 4. The molecule has 0 aliphatic heterocycles. The second-order valence-electron chi connectivity index (χ2n) is 6.10. The number of rotatable bonds is 9. The number of carbonyl (C=O) groups is 2. The molecule has 0 spiro atoms. The number of ketones is 1. The van der Waals surface area contributed by atoms with Crippen molar-refractivity contribution in [2.45, 2.75) is 70.4 Å². The molecule has 1 saturated carbocycles. The van der Waals surface area contributed by atoms with E-state index < -0.39 is 48.0 Å². The molecular formula is C17H28O5. The minimum atomic E-state index is -3.28. The maximum absolute atomic E-state index is 12.2. The van der Waals surface area contributed by atoms with Crippen molar-refractivity contribution < 1.29 is 30.4 Å². The van der Waals surface area contributed by atoms with E-state index in [-0.39, 0.29) is 12.8 Å². The lowest BCUT2D eigenvalue weighted by molar-refractivity contribution is -0.137. The van der Waals surface area contributed by atoms with Crippen LogP contribution in [0.5, 0.6) is 0 Å². The van der Waals surface area contributed by atoms with Crippen molar-refractivity contribution in [1.82, 2.24) is 0 Å². The maximum atomic E-state index is 12.2. The van der Waals surface area contributed by atoms with Crippen molar-refractivity contribution in [3.63, 3.8) is 0 Å². The molecule has 0 heterocycles. The quantitative estimate of drug-likeness (QED) is 0.567. The maximum Gasteiger partial charge on any atom is 0.303 e. The highest BCUT2D eigenvalue weighted by Gasteiger charge is 2.39. The Morgan fingerprint density at radius 3 is 2.82 bits per heavy atom. The van der Waals surface area contributed by atoms with Gasteiger partial charge in [-0.05, 0) is 26.1 Å². The largest absolute Gasteiger partial charge is 0.481 e. The topological polar surface area (TPSA) is 94.8 Å². The van der Waals surface area contributed by atoms with Crippen LogP contribution in [0.25, 0.3) is 0 Å². The summed E-state index contributed by atoms with van der Waals surface area (Å²) in [5.41, 5.74) is -0.982. The van der Waals surface area contributed by atoms with Crippen molar-refractivity contribution in [1.29, 1.82) is 0 Å². The number of aliphatic hydroxyl groups excluding tert-OH is 1. The first-order chi connectivity index (χ1) is 11.8. The molecule has 0 aromatic carbocycles. The summed E-state index contributed by atoms with van der Waals surface area (Å²) in [4.78, 5) is 23.3. The fourth-order valence-electron chi connectivity index (χ4n) is 2.60. The fraction of sp³-hybridized carbons (Fsp3) is 0.765. The number of aliphatic hydroxyl groups is 2. The molecular weight excluding hydrogens is 284 g/mol. The van der Waals surface area contributed by atoms with Crippen LogP contribution < -0.4 is 0 Å². The Hall–Kier alpha value is -1.20. The van der Waals surface area contributed by atoms with Gasteiger partial charge in [0.15, 0.2) is 0 Å². The molecule has 0 amide bonds. The van der Waals surface area contributed by atoms with Gasteiger partial charge in [0.25, 0.3) is 0 Å². The number of Topliss-reactive ketones (excluding diaryl/α,β-unsaturated/α-hetero) is 1. The molecule has 5 heteroatoms. The zero-order chi connectivity index (χ0) is 20.3. The molecule has 3 N–H and O–H groups in total. The van der Waals surface area contributed by atoms with Crippen molar-refractivity contribution in [3.8, 4) is 0 Å². The summed E-state index contributed by atoms with van der Waals surface area (Å²) in [5.74, 6) is -5.36. The molecule has 1 aliphatic carbocycles. The lowest BCUT2D eigenvalue weighted by Crippen LogP contribution is -2.23. The van der Waals surface area contributed by atoms with Crippen LogP contribution in [0.15, 0.2) is 12.2 Å². The van der Waals surface area contributed by atoms with E-state index >= 15 is 0 Å². The molecule has 0 bridgehead atoms. The van der Waals surface area contributed by atoms with Gasteiger partial charge in [0.2, 0.25) is 0 Å². The van der Waals surface area contributed by atoms with Crippen LogP contribution in [0.1, 0.15) is 64.2 Å². The second kappa shape index (κ2) is 8.44. The summed E-state index contributed by atoms with van der Waals surface area (Å²) >= 11 is 0. The van der Waals surface area contributed by atoms with E-state index in [0.717, 1.165) is 12.8 Å². The Morgan fingerprint density at radius 1 is 1.55 bits per heavy atom. The highest BCUT2D eigenvalue weighted by Crippen LogP contribution is 2.34. The van der Waals surface area contributed by atoms with Crippen LogP contribution in [0.2, 0.25) is 0 Å². The highest BCUT2D eigenvalue weighted by molar-refractivity contribution is 5.85. The average molecular weight is 316 g/mol. The van der Waals surface area contributed by atoms with Crippen LogP contribution in [-0.2, 0) is 9.59 Å². The number of carboxylic acids is 1. The van der Waals surface area contributed by atoms with Gasteiger partial charge in [0.1, 0.15) is 5.78 Å². The third kappa shape index (κ3) is 5.89. The molecule has 0 radical (unpaired) electrons. The average Bonchev–Trinajstić information content (AvgIpc) is 2.79. The summed E-state index contributed by atoms with van der Waals surface area (Å²) in [6.45, 7) is 3.65. The normalized spacial score (nSPS) is 32.2. The summed E-state index contributed by atoms with van der Waals surface area (Å²) in [6, 6.07) is 0. The van der Waals surface area contributed by atoms with Gasteiger partial charge < -0.3 is 15.3 Å². The van der Waals surface area contributed by atoms with Gasteiger partial charge in [-0.2, -0.15) is 0 Å². The zero-order valence-electron chi connectivity index (χ0n) is 17.1. The summed E-state index contributed by atoms with van der Waals surface area (Å²) in [5, 5.41) is 29.4. The van der Waals surface area contributed by atoms with E-state index in [2.05, 4.69) is 0 Å². The van der Waals surface area contributed by atoms with Gasteiger partial charge in [-0.15, -0.1) is 0 Å². The Balaban J connectivity index is 3.03. The molecule has 1 fully saturated rings. The number of hydrogen-bond donors (Lipinski definition) is 3. The van der Waals surface area contributed by atoms with Gasteiger partial charge in [0.05, 0.1) is 11.7 Å². The number of carbonyl (C=O) groups excluding carboxylic acids is 1. The molecule has 0 saturated heterocycles. The van der Waals surface area contributed by atoms with Crippen LogP contribution in [0.3, 0.4) is 0 Å². The molecule has 1 unspecified atom stereocenters. The smallest absolute Gasteiger partial charge is 0.303 e. The number of aliphatic carboxylic acids is 1. The van der Waals surface area contributed by atoms with E-state index in [1.807, 2.05) is 6.92 Å². The predicted molar refractivity (Wildman–Crippen MR) is 83.4 cm³/mol. The Kier molecular flexibility index (Phi) is 5.08. The number of unbranched alkanes of at least 4 members (excludes halogenated alkanes) is 1. The molecule has 4 atom stereocenters. The van der Waals surface area contributed by atoms with Crippen molar-refractivity contribution in [2.24, 2.45) is 11.8 Å². The molecule has 1 rings (SSSR count). The first-order valence-electron chi connectivity index (χ1n) is 9.61. The zero-order valence-corrected chi connectivity index (χ0v) is 13.1. The van der Waals surface area contributed by atoms with Crippen LogP contribution >= 0.6 is 0 Å². The molecule has 5 nitrogen and oxygen atoms in total. The third-order valence-corrected chi connectivity index (χ3v) is 3.91. The van der Waals surface area contributed by atoms with E-state index in [1.54, 1.807) is 13.0 Å². The van der Waals surface area contributed by atoms with Crippen LogP contribution in [0, 0.1) is 11.8 Å². The van der Waals surface area contributed by atoms with Gasteiger partial charge in [-0.3, -0.25) is 9.59 Å². The summed E-state index contributed by atoms with van der Waals surface area (Å²) in [6.07, 6.45) is -2.37. The molecule has 1 aliphatic rings. The minimum Gasteiger partial charge on any atom is -0.481 e. The molecule has 22 heavy (non-hydrogen) atoms. The van der Waals surface area contributed by atoms with E-state index in [4.69, 9.17) is 10.6 Å². The standard InChI is InChI=1S/C17H28O5/c1-3-4-9-17(2,22)10-5-6-12-13(7-8-16(20)21)15(19)11-14(12)18/h5-6,12-14,18,22H,3-4,7-11H2,1-2H3,(H,20,21)/b6-5+/t12-,13-,14-,17?/m1/s1/i7D2,8D2. The summed E-state index contributed by atoms with van der Waals surface area (Å²) in [7, 11) is 0. The van der Waals surface area contributed by atoms with Gasteiger partial charge >= 0.3 is 5.97 Å². The van der Waals surface area contributed by atoms with Crippen LogP contribution in [-0.4, -0.2) is 38.8 Å². The first kappa shape index (κ1) is 13.3. The van der Waals surface area contributed by atoms with Gasteiger partial charge in [-0.1, -0.05) is 31.9 Å². The Bertz CT molecular complexity index is 559. The molecule has 126 valence electrons. The molecule has 0 aromatic heterocycles. The monoisotopic (exact) mass is 316 g/mol. The second-order valence-corrected chi connectivity index (χ2v) is 6.10. The third-order valence-electron chi connectivity index (χ3n) is 3.91. The first-order valence-corrected chi connectivity index (χ1v) is 7.61. The van der Waals surface area contributed by atoms with E-state index in [0.29, 0.717) is 6.42 Å². The number of carboxylic acid groups (broad SMARTS) is 1. The van der Waals surface area contributed by atoms with E-state index in [1.165, 1.54) is 6.08 Å².